The van der Waals surface area contributed by atoms with Gasteiger partial charge in [0.15, 0.2) is 45.3 Å². The molecule has 47 nitrogen and oxygen atoms in total. The SMILES string of the molecule is COc1cc(OC)nc(Cl)n1.COc1nc(Cc2ccc(F)cc2)nc(OC)c1[N+](=O)[O-].COc1nc(Cl)nc(OC)c1[N+](=O)[O-].Nc1c(Cl)nc(Cc2ccc(F)cc2)nc1-c1ccc2c(c1)OCO2.O=[N+]([O-])c1c(Cl)nc(Cc2ccc(F)cc2)nc1-c1ccc2c(c1)OCO2.O=c1[nH]c(Cc2ccc(F)cc2)nc(Cl)c1[N+](=O)[O-].O=c1[nH]c(Cc2ccc(F)cc2)nc(O)c1[N+](=O)[O-].OB(O)c1ccc2c(c1)OCO2.[CH3-].[Ni]. The predicted octanol–water partition coefficient (Wildman–Crippen LogP) is 15.1. The number of H-pyrrole nitrogens is 2. The Morgan fingerprint density at radius 2 is 0.667 bits per heavy atom. The molecule has 59 heteroatoms. The third kappa shape index (κ3) is 32.1. The maximum absolute atomic E-state index is 13.1. The number of anilines is 1. The minimum absolute atomic E-state index is 0. The number of nitrogens with one attached hydrogen (secondary N) is 2. The van der Waals surface area contributed by atoms with Crippen molar-refractivity contribution < 1.29 is 135 Å². The normalized spacial score (nSPS) is 11.0. The Labute approximate surface area is 876 Å². The predicted molar refractivity (Wildman–Crippen MR) is 522 cm³/mol. The van der Waals surface area contributed by atoms with Crippen molar-refractivity contribution in [1.29, 1.82) is 0 Å². The molecular formula is C91H74BCl5F5N20NiO27-. The van der Waals surface area contributed by atoms with Crippen molar-refractivity contribution in [2.75, 3.05) is 68.8 Å². The standard InChI is InChI=1S/C18H11ClFN3O4.C18H13ClFN3O2.C13H12FN3O4.C11H7ClFN3O3.C11H8FN3O4.C7H7BO4.C6H6ClN3O4.C6H7ClN2O2.CH3.Ni/c19-18-17(23(24)25)16(11-3-6-13-14(8-11)27-9-26-13)21-15(22-18)7-10-1-4-12(20)5-2-10;19-18-16(21)17(11-3-6-13-14(8-11)25-9-24-13)22-15(23-18)7-10-1-4-12(20)5-2-10;1-20-12-11(17(18)19)13(21-2)16-10(15-12)7-8-3-5-9(14)6-4-8;12-10-9(16(18)19)11(17)15-8(14-10)5-6-1-3-7(13)4-2-6;12-7-3-1-6(2-4-7)5-8-13-10(16)9(15(18)19)11(17)14-8;9-8(10)5-1-2-6-7(3-5)12-4-11-6;1-13-4-3(10(11)12)5(14-2)9-6(7)8-4;1-10-4-3-5(11-2)9-6(7)8-4;;/h1-6,8H,7,9H2;1-6,8H,7,9,21H2;3-6H,7H2,1-2H3;1-4H,5H2,(H,14,15,17);1-4H,5H2,(H2,13,14,16,17);1-3,9-10H,4H2;1-2H3;3H,1-2H3;1H3;/q;;;;;;;;-1;. The average Bonchev–Trinajstić information content (AvgIpc) is 1.38. The Morgan fingerprint density at radius 1 is 0.360 bits per heavy atom. The topological polar surface area (TPSA) is 634 Å². The summed E-state index contributed by atoms with van der Waals surface area (Å²) >= 11 is 28.9. The van der Waals surface area contributed by atoms with Gasteiger partial charge in [0.05, 0.1) is 84.7 Å². The van der Waals surface area contributed by atoms with E-state index in [-0.39, 0.29) is 167 Å². The molecule has 0 bridgehead atoms. The molecule has 0 aliphatic carbocycles. The minimum atomic E-state index is -1.46. The van der Waals surface area contributed by atoms with Gasteiger partial charge in [0, 0.05) is 59.7 Å². The first-order valence-electron chi connectivity index (χ1n) is 41.5. The van der Waals surface area contributed by atoms with Gasteiger partial charge in [-0.1, -0.05) is 102 Å². The van der Waals surface area contributed by atoms with E-state index >= 15 is 0 Å². The maximum atomic E-state index is 13.1. The molecule has 18 rings (SSSR count). The number of aromatic hydroxyl groups is 1. The molecule has 0 fully saturated rings. The van der Waals surface area contributed by atoms with E-state index in [0.29, 0.717) is 92.0 Å². The van der Waals surface area contributed by atoms with Crippen LogP contribution in [0.25, 0.3) is 22.5 Å². The van der Waals surface area contributed by atoms with Gasteiger partial charge in [0.25, 0.3) is 5.88 Å². The smallest absolute Gasteiger partial charge is 0.488 e. The van der Waals surface area contributed by atoms with Crippen LogP contribution in [0.3, 0.4) is 0 Å². The van der Waals surface area contributed by atoms with E-state index in [2.05, 4.69) is 79.2 Å². The molecule has 15 aromatic rings. The number of fused-ring (bicyclic) bond motifs is 3. The summed E-state index contributed by atoms with van der Waals surface area (Å²) in [4.78, 5) is 125. The third-order valence-electron chi connectivity index (χ3n) is 19.5. The van der Waals surface area contributed by atoms with E-state index < -0.39 is 88.1 Å². The van der Waals surface area contributed by atoms with Crippen LogP contribution in [0.4, 0.5) is 56.1 Å². The molecule has 0 radical (unpaired) electrons. The molecule has 0 atom stereocenters. The van der Waals surface area contributed by atoms with Gasteiger partial charge < -0.3 is 95.1 Å². The van der Waals surface area contributed by atoms with Gasteiger partial charge >= 0.3 is 70.2 Å². The van der Waals surface area contributed by atoms with E-state index in [0.717, 1.165) is 22.3 Å². The monoisotopic (exact) mass is 2220 g/mol. The molecule has 0 amide bonds. The van der Waals surface area contributed by atoms with E-state index in [1.54, 1.807) is 91.0 Å². The summed E-state index contributed by atoms with van der Waals surface area (Å²) in [6.07, 6.45) is 1.23. The Kier molecular flexibility index (Phi) is 42.4. The molecule has 7 aromatic heterocycles. The summed E-state index contributed by atoms with van der Waals surface area (Å²) in [6.45, 7) is 0.468. The van der Waals surface area contributed by atoms with Gasteiger partial charge in [-0.15, -0.1) is 0 Å². The Morgan fingerprint density at radius 3 is 1.02 bits per heavy atom. The molecule has 0 saturated carbocycles. The van der Waals surface area contributed by atoms with Crippen LogP contribution in [0.5, 0.6) is 75.7 Å². The average molecular weight is 2220 g/mol. The van der Waals surface area contributed by atoms with Gasteiger partial charge in [-0.05, 0) is 166 Å². The number of nitrogen functional groups attached to an aromatic ring is 1. The molecule has 0 saturated heterocycles. The number of nitrogens with zero attached hydrogens (tertiary/aromatic N) is 17. The number of halogens is 10. The molecule has 10 heterocycles. The maximum Gasteiger partial charge on any atom is 0.488 e. The van der Waals surface area contributed by atoms with Crippen LogP contribution in [-0.2, 0) is 48.6 Å². The van der Waals surface area contributed by atoms with Crippen molar-refractivity contribution in [2.24, 2.45) is 0 Å². The molecule has 3 aliphatic heterocycles. The second-order valence-corrected chi connectivity index (χ2v) is 30.9. The van der Waals surface area contributed by atoms with Gasteiger partial charge in [0.2, 0.25) is 53.0 Å². The van der Waals surface area contributed by atoms with Gasteiger partial charge in [-0.3, -0.25) is 60.2 Å². The Hall–Kier alpha value is -17.3. The van der Waals surface area contributed by atoms with Crippen molar-refractivity contribution in [1.82, 2.24) is 69.8 Å². The zero-order valence-electron chi connectivity index (χ0n) is 78.0. The molecule has 784 valence electrons. The second-order valence-electron chi connectivity index (χ2n) is 29.2. The fraction of sp³-hybridized carbons (Fsp3) is 0.154. The van der Waals surface area contributed by atoms with E-state index in [1.165, 1.54) is 128 Å². The number of hydrogen-bond donors (Lipinski definition) is 6. The summed E-state index contributed by atoms with van der Waals surface area (Å²) in [6, 6.07) is 45.4. The summed E-state index contributed by atoms with van der Waals surface area (Å²) in [7, 11) is 6.57. The van der Waals surface area contributed by atoms with Crippen molar-refractivity contribution in [3.8, 4) is 98.2 Å². The van der Waals surface area contributed by atoms with E-state index in [9.17, 15) is 87.2 Å². The number of nitro groups is 5. The zero-order valence-corrected chi connectivity index (χ0v) is 82.7. The third-order valence-corrected chi connectivity index (χ3v) is 20.6. The summed E-state index contributed by atoms with van der Waals surface area (Å²) < 4.78 is 125. The zero-order chi connectivity index (χ0) is 107. The van der Waals surface area contributed by atoms with Crippen LogP contribution >= 0.6 is 58.0 Å². The van der Waals surface area contributed by atoms with Crippen molar-refractivity contribution in [3.05, 3.63) is 373 Å². The van der Waals surface area contributed by atoms with Crippen molar-refractivity contribution >= 4 is 105 Å². The quantitative estimate of drug-likeness (QED) is 0.00622. The largest absolute Gasteiger partial charge is 0.488 e. The number of hydrogen-bond acceptors (Lipinski definition) is 40. The van der Waals surface area contributed by atoms with Gasteiger partial charge in [0.1, 0.15) is 58.2 Å². The van der Waals surface area contributed by atoms with Gasteiger partial charge in [-0.2, -0.15) is 34.9 Å². The first-order valence-corrected chi connectivity index (χ1v) is 43.4. The summed E-state index contributed by atoms with van der Waals surface area (Å²) in [5, 5.41) is 80.5. The fourth-order valence-electron chi connectivity index (χ4n) is 12.7. The molecule has 7 N–H and O–H groups in total. The van der Waals surface area contributed by atoms with Crippen LogP contribution in [0.15, 0.2) is 192 Å². The minimum Gasteiger partial charge on any atom is -0.488 e. The fourth-order valence-corrected chi connectivity index (χ4v) is 13.7. The Bertz CT molecular complexity index is 7300. The molecule has 0 spiro atoms. The Balaban J connectivity index is 0.000000193. The number of methoxy groups -OCH3 is 6. The number of rotatable bonds is 24. The molecule has 150 heavy (non-hydrogen) atoms. The number of aromatic amines is 2. The van der Waals surface area contributed by atoms with E-state index in [4.69, 9.17) is 121 Å². The number of ether oxygens (including phenoxy) is 12. The van der Waals surface area contributed by atoms with Crippen molar-refractivity contribution in [2.45, 2.75) is 32.1 Å². The number of benzene rings is 8. The van der Waals surface area contributed by atoms with Crippen LogP contribution in [0.1, 0.15) is 56.9 Å². The molecule has 0 unspecified atom stereocenters. The van der Waals surface area contributed by atoms with Crippen LogP contribution in [0, 0.1) is 87.1 Å². The first-order chi connectivity index (χ1) is 70.7. The summed E-state index contributed by atoms with van der Waals surface area (Å²) in [5.74, 6) is 2.05. The van der Waals surface area contributed by atoms with Gasteiger partial charge in [-0.25, -0.2) is 46.9 Å². The second kappa shape index (κ2) is 54.8. The van der Waals surface area contributed by atoms with Crippen LogP contribution < -0.4 is 79.2 Å². The number of nitrogens with two attached hydrogens (primary N) is 1. The summed E-state index contributed by atoms with van der Waals surface area (Å²) in [5.41, 5.74) is 7.28. The van der Waals surface area contributed by atoms with Crippen LogP contribution in [-0.4, -0.2) is 180 Å². The van der Waals surface area contributed by atoms with Crippen molar-refractivity contribution in [3.63, 3.8) is 0 Å². The molecular weight excluding hydrogens is 2150 g/mol. The van der Waals surface area contributed by atoms with Crippen LogP contribution in [0.2, 0.25) is 26.0 Å². The van der Waals surface area contributed by atoms with E-state index in [1.807, 2.05) is 6.07 Å². The molecule has 3 aliphatic rings. The number of aromatic nitrogens is 14. The molecule has 8 aromatic carbocycles. The first kappa shape index (κ1) is 116.